The number of rotatable bonds is 10. The van der Waals surface area contributed by atoms with Gasteiger partial charge >= 0.3 is 0 Å². The topological polar surface area (TPSA) is 66.0 Å². The highest BCUT2D eigenvalue weighted by molar-refractivity contribution is 5.81. The van der Waals surface area contributed by atoms with Crippen molar-refractivity contribution in [3.63, 3.8) is 0 Å². The third-order valence-electron chi connectivity index (χ3n) is 4.21. The Labute approximate surface area is 164 Å². The number of ether oxygens (including phenoxy) is 1. The Balaban J connectivity index is 2.54. The molecule has 0 aliphatic heterocycles. The van der Waals surface area contributed by atoms with Crippen LogP contribution in [0.4, 0.5) is 0 Å². The normalized spacial score (nSPS) is 11.4. The van der Waals surface area contributed by atoms with E-state index < -0.39 is 0 Å². The number of amides is 1. The Morgan fingerprint density at radius 3 is 2.63 bits per heavy atom. The first-order valence-electron chi connectivity index (χ1n) is 9.70. The molecule has 1 aromatic rings. The molecule has 0 saturated carbocycles. The second kappa shape index (κ2) is 12.2. The van der Waals surface area contributed by atoms with Crippen LogP contribution in [0.2, 0.25) is 0 Å². The molecule has 2 N–H and O–H groups in total. The summed E-state index contributed by atoms with van der Waals surface area (Å²) in [6.07, 6.45) is 2.66. The molecule has 0 aromatic heterocycles. The molecule has 0 unspecified atom stereocenters. The maximum absolute atomic E-state index is 11.6. The molecule has 0 bridgehead atoms. The Morgan fingerprint density at radius 1 is 1.26 bits per heavy atom. The van der Waals surface area contributed by atoms with Crippen LogP contribution in [-0.4, -0.2) is 51.1 Å². The van der Waals surface area contributed by atoms with Gasteiger partial charge in [-0.2, -0.15) is 0 Å². The van der Waals surface area contributed by atoms with Crippen LogP contribution >= 0.6 is 0 Å². The first-order valence-corrected chi connectivity index (χ1v) is 9.70. The number of guanidine groups is 1. The predicted molar refractivity (Wildman–Crippen MR) is 112 cm³/mol. The lowest BCUT2D eigenvalue weighted by Gasteiger charge is -2.16. The summed E-state index contributed by atoms with van der Waals surface area (Å²) in [5.41, 5.74) is 2.28. The Kier molecular flexibility index (Phi) is 10.3. The van der Waals surface area contributed by atoms with Crippen LogP contribution in [0.1, 0.15) is 44.2 Å². The molecule has 1 amide bonds. The minimum atomic E-state index is 0.0913. The summed E-state index contributed by atoms with van der Waals surface area (Å²) in [5.74, 6) is 2.38. The van der Waals surface area contributed by atoms with Gasteiger partial charge in [0.2, 0.25) is 5.91 Å². The molecule has 0 saturated heterocycles. The van der Waals surface area contributed by atoms with Crippen LogP contribution < -0.4 is 15.4 Å². The standard InChI is InChI=1S/C21H36N4O2/c1-16(2)8-7-13-27-19-14-17(3)9-10-18(19)15-24-21(22-4)23-12-11-20(26)25(5)6/h9-10,14,16H,7-8,11-13,15H2,1-6H3,(H2,22,23,24). The van der Waals surface area contributed by atoms with Gasteiger partial charge in [0.05, 0.1) is 6.61 Å². The van der Waals surface area contributed by atoms with Gasteiger partial charge in [-0.3, -0.25) is 9.79 Å². The summed E-state index contributed by atoms with van der Waals surface area (Å²) in [5, 5.41) is 6.46. The number of aliphatic imine (C=N–C) groups is 1. The first-order chi connectivity index (χ1) is 12.8. The van der Waals surface area contributed by atoms with E-state index in [2.05, 4.69) is 54.6 Å². The minimum absolute atomic E-state index is 0.0913. The quantitative estimate of drug-likeness (QED) is 0.374. The molecule has 6 heteroatoms. The van der Waals surface area contributed by atoms with E-state index in [1.54, 1.807) is 26.0 Å². The molecular weight excluding hydrogens is 340 g/mol. The summed E-state index contributed by atoms with van der Waals surface area (Å²) in [6, 6.07) is 6.26. The molecule has 0 fully saturated rings. The zero-order chi connectivity index (χ0) is 20.2. The van der Waals surface area contributed by atoms with Crippen molar-refractivity contribution in [3.8, 4) is 5.75 Å². The molecule has 6 nitrogen and oxygen atoms in total. The second-order valence-corrected chi connectivity index (χ2v) is 7.39. The van der Waals surface area contributed by atoms with Crippen molar-refractivity contribution in [2.75, 3.05) is 34.3 Å². The average molecular weight is 377 g/mol. The lowest BCUT2D eigenvalue weighted by atomic mass is 10.1. The average Bonchev–Trinajstić information content (AvgIpc) is 2.62. The maximum Gasteiger partial charge on any atom is 0.223 e. The lowest BCUT2D eigenvalue weighted by molar-refractivity contribution is -0.128. The van der Waals surface area contributed by atoms with Gasteiger partial charge in [0.15, 0.2) is 5.96 Å². The summed E-state index contributed by atoms with van der Waals surface area (Å²) in [7, 11) is 5.24. The summed E-state index contributed by atoms with van der Waals surface area (Å²) >= 11 is 0. The van der Waals surface area contributed by atoms with E-state index in [0.717, 1.165) is 24.3 Å². The maximum atomic E-state index is 11.6. The fourth-order valence-electron chi connectivity index (χ4n) is 2.53. The van der Waals surface area contributed by atoms with Gasteiger partial charge in [-0.1, -0.05) is 26.0 Å². The van der Waals surface area contributed by atoms with Crippen LogP contribution in [0.15, 0.2) is 23.2 Å². The van der Waals surface area contributed by atoms with Gasteiger partial charge in [0, 0.05) is 46.2 Å². The van der Waals surface area contributed by atoms with Gasteiger partial charge in [0.25, 0.3) is 0 Å². The van der Waals surface area contributed by atoms with Crippen LogP contribution in [-0.2, 0) is 11.3 Å². The number of hydrogen-bond donors (Lipinski definition) is 2. The molecule has 0 radical (unpaired) electrons. The van der Waals surface area contributed by atoms with E-state index in [-0.39, 0.29) is 5.91 Å². The van der Waals surface area contributed by atoms with Gasteiger partial charge in [-0.05, 0) is 37.3 Å². The van der Waals surface area contributed by atoms with E-state index in [1.807, 2.05) is 0 Å². The first kappa shape index (κ1) is 22.8. The van der Waals surface area contributed by atoms with Gasteiger partial charge in [-0.25, -0.2) is 0 Å². The molecule has 1 rings (SSSR count). The largest absolute Gasteiger partial charge is 0.493 e. The van der Waals surface area contributed by atoms with Crippen molar-refractivity contribution in [1.29, 1.82) is 0 Å². The zero-order valence-electron chi connectivity index (χ0n) is 17.8. The fourth-order valence-corrected chi connectivity index (χ4v) is 2.53. The highest BCUT2D eigenvalue weighted by atomic mass is 16.5. The Morgan fingerprint density at radius 2 is 2.00 bits per heavy atom. The third kappa shape index (κ3) is 9.31. The highest BCUT2D eigenvalue weighted by Crippen LogP contribution is 2.21. The fraction of sp³-hybridized carbons (Fsp3) is 0.619. The van der Waals surface area contributed by atoms with Gasteiger partial charge in [-0.15, -0.1) is 0 Å². The number of carbonyl (C=O) groups is 1. The highest BCUT2D eigenvalue weighted by Gasteiger charge is 2.08. The molecule has 0 aliphatic rings. The molecule has 0 spiro atoms. The monoisotopic (exact) mass is 376 g/mol. The lowest BCUT2D eigenvalue weighted by Crippen LogP contribution is -2.38. The van der Waals surface area contributed by atoms with E-state index in [0.29, 0.717) is 31.4 Å². The second-order valence-electron chi connectivity index (χ2n) is 7.39. The molecule has 27 heavy (non-hydrogen) atoms. The van der Waals surface area contributed by atoms with Crippen molar-refractivity contribution >= 4 is 11.9 Å². The van der Waals surface area contributed by atoms with Crippen LogP contribution in [0, 0.1) is 12.8 Å². The third-order valence-corrected chi connectivity index (χ3v) is 4.21. The molecular formula is C21H36N4O2. The van der Waals surface area contributed by atoms with E-state index in [1.165, 1.54) is 12.0 Å². The van der Waals surface area contributed by atoms with E-state index >= 15 is 0 Å². The van der Waals surface area contributed by atoms with E-state index in [9.17, 15) is 4.79 Å². The zero-order valence-corrected chi connectivity index (χ0v) is 17.8. The number of nitrogens with zero attached hydrogens (tertiary/aromatic N) is 2. The van der Waals surface area contributed by atoms with Crippen LogP contribution in [0.25, 0.3) is 0 Å². The molecule has 1 aromatic carbocycles. The summed E-state index contributed by atoms with van der Waals surface area (Å²) < 4.78 is 6.02. The van der Waals surface area contributed by atoms with Crippen molar-refractivity contribution in [3.05, 3.63) is 29.3 Å². The number of benzene rings is 1. The minimum Gasteiger partial charge on any atom is -0.493 e. The summed E-state index contributed by atoms with van der Waals surface area (Å²) in [6.45, 7) is 8.42. The van der Waals surface area contributed by atoms with Gasteiger partial charge < -0.3 is 20.3 Å². The number of aryl methyl sites for hydroxylation is 1. The van der Waals surface area contributed by atoms with Crippen molar-refractivity contribution < 1.29 is 9.53 Å². The smallest absolute Gasteiger partial charge is 0.223 e. The Hall–Kier alpha value is -2.24. The molecule has 0 atom stereocenters. The molecule has 152 valence electrons. The van der Waals surface area contributed by atoms with Crippen molar-refractivity contribution in [2.45, 2.75) is 46.6 Å². The van der Waals surface area contributed by atoms with Gasteiger partial charge in [0.1, 0.15) is 5.75 Å². The van der Waals surface area contributed by atoms with Crippen molar-refractivity contribution in [2.24, 2.45) is 10.9 Å². The number of carbonyl (C=O) groups excluding carboxylic acids is 1. The molecule has 0 aliphatic carbocycles. The molecule has 0 heterocycles. The van der Waals surface area contributed by atoms with Crippen molar-refractivity contribution in [1.82, 2.24) is 15.5 Å². The Bertz CT molecular complexity index is 612. The summed E-state index contributed by atoms with van der Waals surface area (Å²) in [4.78, 5) is 17.5. The number of hydrogen-bond acceptors (Lipinski definition) is 3. The predicted octanol–water partition coefficient (Wildman–Crippen LogP) is 2.95. The van der Waals surface area contributed by atoms with Crippen LogP contribution in [0.3, 0.4) is 0 Å². The van der Waals surface area contributed by atoms with Crippen LogP contribution in [0.5, 0.6) is 5.75 Å². The number of nitrogens with one attached hydrogen (secondary N) is 2. The van der Waals surface area contributed by atoms with E-state index in [4.69, 9.17) is 4.74 Å². The SMILES string of the molecule is CN=C(NCCC(=O)N(C)C)NCc1ccc(C)cc1OCCCC(C)C.